The number of rotatable bonds is 6. The quantitative estimate of drug-likeness (QED) is 0.512. The van der Waals surface area contributed by atoms with Gasteiger partial charge in [-0.25, -0.2) is 0 Å². The predicted octanol–water partition coefficient (Wildman–Crippen LogP) is -0.604. The molecule has 108 valence electrons. The first-order valence-corrected chi connectivity index (χ1v) is 6.90. The predicted molar refractivity (Wildman–Crippen MR) is 71.1 cm³/mol. The summed E-state index contributed by atoms with van der Waals surface area (Å²) < 4.78 is 0. The Morgan fingerprint density at radius 3 is 2.28 bits per heavy atom. The highest BCUT2D eigenvalue weighted by Gasteiger charge is 2.28. The molecule has 0 spiro atoms. The third-order valence-electron chi connectivity index (χ3n) is 4.09. The van der Waals surface area contributed by atoms with Crippen LogP contribution in [0, 0.1) is 11.8 Å². The van der Waals surface area contributed by atoms with E-state index in [1.807, 2.05) is 6.92 Å². The third-order valence-corrected chi connectivity index (χ3v) is 4.09. The molecule has 1 heterocycles. The summed E-state index contributed by atoms with van der Waals surface area (Å²) in [4.78, 5) is 2.20. The topological polar surface area (TPSA) is 90.0 Å². The van der Waals surface area contributed by atoms with Gasteiger partial charge >= 0.3 is 0 Å². The van der Waals surface area contributed by atoms with Gasteiger partial charge in [0.15, 0.2) is 0 Å². The van der Waals surface area contributed by atoms with Crippen LogP contribution in [0.2, 0.25) is 0 Å². The molecule has 0 saturated carbocycles. The average Bonchev–Trinajstić information content (AvgIpc) is 2.38. The van der Waals surface area contributed by atoms with Crippen LogP contribution in [0.4, 0.5) is 0 Å². The summed E-state index contributed by atoms with van der Waals surface area (Å²) in [5.41, 5.74) is 5.84. The minimum Gasteiger partial charge on any atom is -0.396 e. The Morgan fingerprint density at radius 2 is 1.78 bits per heavy atom. The van der Waals surface area contributed by atoms with E-state index in [0.29, 0.717) is 6.54 Å². The van der Waals surface area contributed by atoms with E-state index >= 15 is 0 Å². The number of hydrogen-bond acceptors (Lipinski definition) is 5. The highest BCUT2D eigenvalue weighted by Crippen LogP contribution is 2.18. The molecule has 1 aliphatic heterocycles. The molecule has 0 aliphatic carbocycles. The zero-order chi connectivity index (χ0) is 13.7. The van der Waals surface area contributed by atoms with Gasteiger partial charge in [0.05, 0.1) is 12.2 Å². The first-order valence-electron chi connectivity index (χ1n) is 6.90. The van der Waals surface area contributed by atoms with Crippen molar-refractivity contribution in [1.82, 2.24) is 4.90 Å². The summed E-state index contributed by atoms with van der Waals surface area (Å²) >= 11 is 0. The summed E-state index contributed by atoms with van der Waals surface area (Å²) in [6, 6.07) is 0.288. The van der Waals surface area contributed by atoms with E-state index < -0.39 is 12.2 Å². The molecule has 0 aromatic rings. The molecule has 0 unspecified atom stereocenters. The van der Waals surface area contributed by atoms with Crippen molar-refractivity contribution >= 4 is 0 Å². The number of nitrogens with two attached hydrogens (primary N) is 1. The summed E-state index contributed by atoms with van der Waals surface area (Å²) in [6.07, 6.45) is 0.702. The van der Waals surface area contributed by atoms with Crippen molar-refractivity contribution < 1.29 is 15.3 Å². The van der Waals surface area contributed by atoms with Gasteiger partial charge in [-0.05, 0) is 25.9 Å². The summed E-state index contributed by atoms with van der Waals surface area (Å²) in [5, 5.41) is 29.1. The second-order valence-corrected chi connectivity index (χ2v) is 5.71. The lowest BCUT2D eigenvalue weighted by molar-refractivity contribution is -0.0324. The molecule has 0 bridgehead atoms. The maximum Gasteiger partial charge on any atom is 0.0717 e. The maximum absolute atomic E-state index is 10.1. The standard InChI is InChI=1S/C13H28N2O3/c1-9(8-16)13(18)10(2)12(17)7-15-5-3-11(14)4-6-15/h9-13,16-18H,3-8,14H2,1-2H3/t9-,10-,12+,13-/m1/s1. The van der Waals surface area contributed by atoms with Crippen molar-refractivity contribution in [3.8, 4) is 0 Å². The normalized spacial score (nSPS) is 25.7. The highest BCUT2D eigenvalue weighted by molar-refractivity contribution is 4.81. The fourth-order valence-electron chi connectivity index (χ4n) is 2.42. The molecule has 5 heteroatoms. The van der Waals surface area contributed by atoms with Crippen LogP contribution < -0.4 is 5.73 Å². The van der Waals surface area contributed by atoms with Crippen molar-refractivity contribution in [3.05, 3.63) is 0 Å². The van der Waals surface area contributed by atoms with Crippen molar-refractivity contribution in [3.63, 3.8) is 0 Å². The second kappa shape index (κ2) is 7.40. The van der Waals surface area contributed by atoms with Gasteiger partial charge in [0.1, 0.15) is 0 Å². The van der Waals surface area contributed by atoms with Crippen LogP contribution in [-0.2, 0) is 0 Å². The van der Waals surface area contributed by atoms with Crippen LogP contribution in [0.5, 0.6) is 0 Å². The Hall–Kier alpha value is -0.200. The lowest BCUT2D eigenvalue weighted by atomic mass is 9.89. The number of aliphatic hydroxyl groups excluding tert-OH is 3. The monoisotopic (exact) mass is 260 g/mol. The van der Waals surface area contributed by atoms with Gasteiger partial charge in [-0.2, -0.15) is 0 Å². The molecule has 1 rings (SSSR count). The van der Waals surface area contributed by atoms with Crippen molar-refractivity contribution in [1.29, 1.82) is 0 Å². The Morgan fingerprint density at radius 1 is 1.22 bits per heavy atom. The number of piperidine rings is 1. The smallest absolute Gasteiger partial charge is 0.0717 e. The van der Waals surface area contributed by atoms with Crippen LogP contribution >= 0.6 is 0 Å². The van der Waals surface area contributed by atoms with Crippen molar-refractivity contribution in [2.75, 3.05) is 26.2 Å². The van der Waals surface area contributed by atoms with Crippen molar-refractivity contribution in [2.45, 2.75) is 44.9 Å². The van der Waals surface area contributed by atoms with E-state index in [1.54, 1.807) is 6.92 Å². The number of aliphatic hydroxyl groups is 3. The van der Waals surface area contributed by atoms with Crippen LogP contribution in [-0.4, -0.2) is 64.7 Å². The van der Waals surface area contributed by atoms with E-state index in [1.165, 1.54) is 0 Å². The molecule has 0 amide bonds. The van der Waals surface area contributed by atoms with Crippen molar-refractivity contribution in [2.24, 2.45) is 17.6 Å². The Kier molecular flexibility index (Phi) is 6.52. The lowest BCUT2D eigenvalue weighted by Crippen LogP contribution is -2.46. The third kappa shape index (κ3) is 4.48. The molecule has 5 nitrogen and oxygen atoms in total. The summed E-state index contributed by atoms with van der Waals surface area (Å²) in [7, 11) is 0. The van der Waals surface area contributed by atoms with Gasteiger partial charge in [0.2, 0.25) is 0 Å². The molecule has 5 N–H and O–H groups in total. The highest BCUT2D eigenvalue weighted by atomic mass is 16.3. The van der Waals surface area contributed by atoms with Gasteiger partial charge in [-0.15, -0.1) is 0 Å². The zero-order valence-electron chi connectivity index (χ0n) is 11.5. The molecular weight excluding hydrogens is 232 g/mol. The van der Waals surface area contributed by atoms with Gasteiger partial charge in [-0.3, -0.25) is 0 Å². The Bertz CT molecular complexity index is 232. The molecule has 0 aromatic heterocycles. The minimum absolute atomic E-state index is 0.0587. The molecule has 1 saturated heterocycles. The zero-order valence-corrected chi connectivity index (χ0v) is 11.5. The molecular formula is C13H28N2O3. The number of nitrogens with zero attached hydrogens (tertiary/aromatic N) is 1. The fraction of sp³-hybridized carbons (Fsp3) is 1.00. The maximum atomic E-state index is 10.1. The van der Waals surface area contributed by atoms with Crippen LogP contribution in [0.3, 0.4) is 0 Å². The van der Waals surface area contributed by atoms with Crippen LogP contribution in [0.15, 0.2) is 0 Å². The van der Waals surface area contributed by atoms with E-state index in [2.05, 4.69) is 4.90 Å². The minimum atomic E-state index is -0.669. The number of likely N-dealkylation sites (tertiary alicyclic amines) is 1. The van der Waals surface area contributed by atoms with E-state index in [9.17, 15) is 10.2 Å². The van der Waals surface area contributed by atoms with Gasteiger partial charge in [0.25, 0.3) is 0 Å². The van der Waals surface area contributed by atoms with Crippen LogP contribution in [0.25, 0.3) is 0 Å². The van der Waals surface area contributed by atoms with E-state index in [4.69, 9.17) is 10.8 Å². The lowest BCUT2D eigenvalue weighted by Gasteiger charge is -2.34. The largest absolute Gasteiger partial charge is 0.396 e. The Labute approximate surface area is 110 Å². The Balaban J connectivity index is 2.37. The number of hydrogen-bond donors (Lipinski definition) is 4. The summed E-state index contributed by atoms with van der Waals surface area (Å²) in [5.74, 6) is -0.438. The SMILES string of the molecule is C[C@@H]([C@H](O)[C@H](C)CO)[C@@H](O)CN1CCC(N)CC1. The molecule has 0 aromatic carbocycles. The molecule has 4 atom stereocenters. The van der Waals surface area contributed by atoms with Gasteiger partial charge in [-0.1, -0.05) is 13.8 Å². The van der Waals surface area contributed by atoms with E-state index in [-0.39, 0.29) is 24.5 Å². The van der Waals surface area contributed by atoms with Gasteiger partial charge in [0, 0.05) is 31.0 Å². The number of β-amino-alcohol motifs (C(OH)–C–C–N with tert-alkyl or cyclic N) is 1. The van der Waals surface area contributed by atoms with E-state index in [0.717, 1.165) is 25.9 Å². The fourth-order valence-corrected chi connectivity index (χ4v) is 2.42. The second-order valence-electron chi connectivity index (χ2n) is 5.71. The molecule has 1 fully saturated rings. The average molecular weight is 260 g/mol. The molecule has 0 radical (unpaired) electrons. The first kappa shape index (κ1) is 15.9. The first-order chi connectivity index (χ1) is 8.45. The van der Waals surface area contributed by atoms with Gasteiger partial charge < -0.3 is 26.0 Å². The molecule has 18 heavy (non-hydrogen) atoms. The van der Waals surface area contributed by atoms with Crippen LogP contribution in [0.1, 0.15) is 26.7 Å². The molecule has 1 aliphatic rings. The summed E-state index contributed by atoms with van der Waals surface area (Å²) in [6.45, 7) is 5.96.